The second-order valence-electron chi connectivity index (χ2n) is 8.26. The highest BCUT2D eigenvalue weighted by Gasteiger charge is 2.29. The van der Waals surface area contributed by atoms with Gasteiger partial charge in [0.1, 0.15) is 16.8 Å². The smallest absolute Gasteiger partial charge is 0.331 e. The molecule has 0 atom stereocenters. The van der Waals surface area contributed by atoms with Gasteiger partial charge in [-0.25, -0.2) is 4.79 Å². The predicted molar refractivity (Wildman–Crippen MR) is 127 cm³/mol. The molecule has 4 aromatic heterocycles. The molecule has 0 aliphatic rings. The first-order valence-corrected chi connectivity index (χ1v) is 10.7. The number of rotatable bonds is 2. The first-order chi connectivity index (χ1) is 16.0. The van der Waals surface area contributed by atoms with Crippen molar-refractivity contribution in [3.8, 4) is 22.7 Å². The summed E-state index contributed by atoms with van der Waals surface area (Å²) in [5.41, 5.74) is 4.68. The van der Waals surface area contributed by atoms with Crippen molar-refractivity contribution in [1.82, 2.24) is 13.5 Å². The molecule has 2 aromatic carbocycles. The summed E-state index contributed by atoms with van der Waals surface area (Å²) in [6.45, 7) is 1.89. The minimum absolute atomic E-state index is 0.332. The molecule has 6 rings (SSSR count). The standard InChI is InChI=1S/C26H20N4O3/c1-15-13-14-19(33-15)21-24-23-20(25(31)29(3)26(32)28(23)2)22(16-9-5-4-6-10-16)30(24)18-12-8-7-11-17(18)27-21/h4-14H,1-3H3/p+1. The average Bonchev–Trinajstić information content (AvgIpc) is 3.43. The summed E-state index contributed by atoms with van der Waals surface area (Å²) in [5.74, 6) is 1.41. The number of hydrogen-bond donors (Lipinski definition) is 0. The Balaban J connectivity index is 2.02. The van der Waals surface area contributed by atoms with Gasteiger partial charge in [-0.15, -0.1) is 0 Å². The molecule has 0 aliphatic carbocycles. The van der Waals surface area contributed by atoms with E-state index in [4.69, 9.17) is 4.42 Å². The van der Waals surface area contributed by atoms with Gasteiger partial charge in [-0.2, -0.15) is 4.98 Å². The number of nitrogens with zero attached hydrogens (tertiary/aromatic N) is 3. The molecule has 162 valence electrons. The van der Waals surface area contributed by atoms with E-state index in [1.807, 2.05) is 73.7 Å². The van der Waals surface area contributed by atoms with Gasteiger partial charge in [-0.05, 0) is 30.7 Å². The molecule has 0 bridgehead atoms. The van der Waals surface area contributed by atoms with Gasteiger partial charge >= 0.3 is 5.69 Å². The normalized spacial score (nSPS) is 11.7. The highest BCUT2D eigenvalue weighted by molar-refractivity contribution is 6.09. The molecule has 0 unspecified atom stereocenters. The number of para-hydroxylation sites is 2. The Morgan fingerprint density at radius 1 is 0.818 bits per heavy atom. The van der Waals surface area contributed by atoms with Gasteiger partial charge in [0.25, 0.3) is 11.3 Å². The topological polar surface area (TPSA) is 75.7 Å². The van der Waals surface area contributed by atoms with E-state index < -0.39 is 0 Å². The van der Waals surface area contributed by atoms with E-state index in [0.717, 1.165) is 32.6 Å². The van der Waals surface area contributed by atoms with Gasteiger partial charge in [0.2, 0.25) is 11.3 Å². The number of aromatic amines is 1. The fourth-order valence-electron chi connectivity index (χ4n) is 4.72. The zero-order valence-electron chi connectivity index (χ0n) is 18.4. The molecule has 0 radical (unpaired) electrons. The van der Waals surface area contributed by atoms with Crippen LogP contribution in [0.25, 0.3) is 50.2 Å². The molecule has 0 saturated carbocycles. The summed E-state index contributed by atoms with van der Waals surface area (Å²) >= 11 is 0. The van der Waals surface area contributed by atoms with E-state index in [9.17, 15) is 9.59 Å². The van der Waals surface area contributed by atoms with Gasteiger partial charge < -0.3 is 4.42 Å². The Labute approximate surface area is 187 Å². The molecule has 1 N–H and O–H groups in total. The Bertz CT molecular complexity index is 1840. The Hall–Kier alpha value is -4.39. The zero-order chi connectivity index (χ0) is 22.9. The minimum atomic E-state index is -0.380. The minimum Gasteiger partial charge on any atom is -0.455 e. The van der Waals surface area contributed by atoms with Crippen LogP contribution < -0.4 is 16.2 Å². The number of nitrogens with one attached hydrogen (secondary N) is 1. The van der Waals surface area contributed by atoms with E-state index in [1.54, 1.807) is 11.6 Å². The van der Waals surface area contributed by atoms with Crippen molar-refractivity contribution in [2.75, 3.05) is 0 Å². The molecule has 6 aromatic rings. The summed E-state index contributed by atoms with van der Waals surface area (Å²) < 4.78 is 10.8. The Morgan fingerprint density at radius 2 is 1.55 bits per heavy atom. The fourth-order valence-corrected chi connectivity index (χ4v) is 4.72. The number of fused-ring (bicyclic) bond motifs is 5. The average molecular weight is 437 g/mol. The monoisotopic (exact) mass is 437 g/mol. The van der Waals surface area contributed by atoms with Crippen LogP contribution in [0.4, 0.5) is 0 Å². The van der Waals surface area contributed by atoms with Gasteiger partial charge in [0.05, 0.1) is 16.6 Å². The molecule has 0 fully saturated rings. The molecule has 0 aliphatic heterocycles. The third-order valence-electron chi connectivity index (χ3n) is 6.25. The number of hydrogen-bond acceptors (Lipinski definition) is 3. The SMILES string of the molecule is Cc1ccc(-c2[nH+]c3ccccc3n3c(-c4ccccc4)c4c(=O)n(C)c(=O)n(C)c4c23)o1. The second-order valence-corrected chi connectivity index (χ2v) is 8.26. The lowest BCUT2D eigenvalue weighted by atomic mass is 10.1. The molecular weight excluding hydrogens is 416 g/mol. The molecule has 0 saturated heterocycles. The van der Waals surface area contributed by atoms with Crippen LogP contribution in [0.1, 0.15) is 5.76 Å². The van der Waals surface area contributed by atoms with Gasteiger partial charge in [-0.1, -0.05) is 42.5 Å². The predicted octanol–water partition coefficient (Wildman–Crippen LogP) is 3.69. The molecule has 4 heterocycles. The van der Waals surface area contributed by atoms with Crippen LogP contribution in [0.15, 0.2) is 80.7 Å². The van der Waals surface area contributed by atoms with E-state index in [1.165, 1.54) is 7.05 Å². The quantitative estimate of drug-likeness (QED) is 0.415. The van der Waals surface area contributed by atoms with Crippen molar-refractivity contribution in [2.45, 2.75) is 6.92 Å². The van der Waals surface area contributed by atoms with Gasteiger partial charge in [-0.3, -0.25) is 18.3 Å². The molecule has 33 heavy (non-hydrogen) atoms. The van der Waals surface area contributed by atoms with E-state index in [-0.39, 0.29) is 11.2 Å². The largest absolute Gasteiger partial charge is 0.455 e. The van der Waals surface area contributed by atoms with Crippen molar-refractivity contribution in [1.29, 1.82) is 0 Å². The summed E-state index contributed by atoms with van der Waals surface area (Å²) in [5, 5.41) is 0.486. The van der Waals surface area contributed by atoms with E-state index >= 15 is 0 Å². The lowest BCUT2D eigenvalue weighted by molar-refractivity contribution is -0.331. The number of aromatic nitrogens is 4. The lowest BCUT2D eigenvalue weighted by Crippen LogP contribution is -2.36. The highest BCUT2D eigenvalue weighted by atomic mass is 16.3. The Kier molecular flexibility index (Phi) is 3.98. The highest BCUT2D eigenvalue weighted by Crippen LogP contribution is 2.37. The van der Waals surface area contributed by atoms with Crippen molar-refractivity contribution < 1.29 is 9.40 Å². The third kappa shape index (κ3) is 2.59. The van der Waals surface area contributed by atoms with Crippen molar-refractivity contribution >= 4 is 27.5 Å². The number of aryl methyl sites for hydroxylation is 2. The van der Waals surface area contributed by atoms with Crippen LogP contribution in [0, 0.1) is 6.92 Å². The van der Waals surface area contributed by atoms with Crippen molar-refractivity contribution in [3.05, 3.63) is 93.3 Å². The molecular formula is C26H21N4O3+. The molecule has 7 heteroatoms. The summed E-state index contributed by atoms with van der Waals surface area (Å²) in [6.07, 6.45) is 0. The second kappa shape index (κ2) is 6.80. The zero-order valence-corrected chi connectivity index (χ0v) is 18.4. The van der Waals surface area contributed by atoms with Crippen LogP contribution in [-0.2, 0) is 14.1 Å². The van der Waals surface area contributed by atoms with Crippen LogP contribution >= 0.6 is 0 Å². The van der Waals surface area contributed by atoms with Crippen molar-refractivity contribution in [2.24, 2.45) is 14.1 Å². The molecule has 0 amide bonds. The van der Waals surface area contributed by atoms with E-state index in [2.05, 4.69) is 9.38 Å². The summed E-state index contributed by atoms with van der Waals surface area (Å²) in [7, 11) is 3.22. The Morgan fingerprint density at radius 3 is 2.27 bits per heavy atom. The van der Waals surface area contributed by atoms with E-state index in [0.29, 0.717) is 27.9 Å². The van der Waals surface area contributed by atoms with Crippen LogP contribution in [0.2, 0.25) is 0 Å². The lowest BCUT2D eigenvalue weighted by Gasteiger charge is -2.07. The first kappa shape index (κ1) is 19.3. The van der Waals surface area contributed by atoms with Gasteiger partial charge in [0.15, 0.2) is 0 Å². The molecule has 0 spiro atoms. The first-order valence-electron chi connectivity index (χ1n) is 10.7. The number of furan rings is 1. The maximum absolute atomic E-state index is 13.6. The summed E-state index contributed by atoms with van der Waals surface area (Å²) in [4.78, 5) is 30.0. The van der Waals surface area contributed by atoms with Crippen LogP contribution in [-0.4, -0.2) is 13.5 Å². The van der Waals surface area contributed by atoms with Crippen LogP contribution in [0.3, 0.4) is 0 Å². The number of benzene rings is 2. The number of H-pyrrole nitrogens is 1. The maximum atomic E-state index is 13.6. The van der Waals surface area contributed by atoms with Crippen LogP contribution in [0.5, 0.6) is 0 Å². The fraction of sp³-hybridized carbons (Fsp3) is 0.115. The third-order valence-corrected chi connectivity index (χ3v) is 6.25. The molecule has 7 nitrogen and oxygen atoms in total. The maximum Gasteiger partial charge on any atom is 0.331 e. The van der Waals surface area contributed by atoms with Gasteiger partial charge in [0, 0.05) is 20.2 Å². The van der Waals surface area contributed by atoms with Crippen molar-refractivity contribution in [3.63, 3.8) is 0 Å². The summed E-state index contributed by atoms with van der Waals surface area (Å²) in [6, 6.07) is 21.5.